The van der Waals surface area contributed by atoms with Crippen molar-refractivity contribution in [3.8, 4) is 16.8 Å². The van der Waals surface area contributed by atoms with E-state index in [2.05, 4.69) is 30.2 Å². The van der Waals surface area contributed by atoms with Crippen molar-refractivity contribution in [3.63, 3.8) is 0 Å². The summed E-state index contributed by atoms with van der Waals surface area (Å²) < 4.78 is 55.8. The third-order valence-corrected chi connectivity index (χ3v) is 5.31. The molecule has 13 heteroatoms. The second-order valence-electron chi connectivity index (χ2n) is 7.42. The predicted octanol–water partition coefficient (Wildman–Crippen LogP) is 3.82. The fourth-order valence-electron chi connectivity index (χ4n) is 3.60. The number of anilines is 1. The second kappa shape index (κ2) is 7.86. The van der Waals surface area contributed by atoms with Gasteiger partial charge in [-0.3, -0.25) is 0 Å². The summed E-state index contributed by atoms with van der Waals surface area (Å²) in [6.07, 6.45) is 2.01. The summed E-state index contributed by atoms with van der Waals surface area (Å²) in [6, 6.07) is 5.70. The minimum absolute atomic E-state index is 0.140. The molecule has 4 aromatic heterocycles. The number of hydrogen-bond donors (Lipinski definition) is 1. The Morgan fingerprint density at radius 2 is 1.74 bits per heavy atom. The van der Waals surface area contributed by atoms with Gasteiger partial charge in [0.15, 0.2) is 0 Å². The molecule has 0 bridgehead atoms. The molecule has 5 aromatic rings. The van der Waals surface area contributed by atoms with Gasteiger partial charge in [0, 0.05) is 29.7 Å². The highest BCUT2D eigenvalue weighted by atomic mass is 19.4. The number of nitrogen functional groups attached to an aromatic ring is 1. The zero-order chi connectivity index (χ0) is 24.0. The van der Waals surface area contributed by atoms with Crippen LogP contribution in [0.4, 0.5) is 23.4 Å². The molecule has 0 spiro atoms. The Bertz CT molecular complexity index is 1490. The first-order valence-corrected chi connectivity index (χ1v) is 9.92. The van der Waals surface area contributed by atoms with Crippen molar-refractivity contribution in [1.29, 1.82) is 0 Å². The summed E-state index contributed by atoms with van der Waals surface area (Å²) in [5.41, 5.74) is 8.00. The largest absolute Gasteiger partial charge is 0.451 e. The Kier molecular flexibility index (Phi) is 4.96. The number of aromatic nitrogens is 8. The molecule has 5 rings (SSSR count). The Morgan fingerprint density at radius 1 is 1.00 bits per heavy atom. The van der Waals surface area contributed by atoms with Gasteiger partial charge in [-0.25, -0.2) is 29.0 Å². The summed E-state index contributed by atoms with van der Waals surface area (Å²) in [6.45, 7) is 1.82. The Labute approximate surface area is 188 Å². The monoisotopic (exact) mass is 469 g/mol. The third kappa shape index (κ3) is 3.60. The van der Waals surface area contributed by atoms with Crippen molar-refractivity contribution in [2.75, 3.05) is 5.73 Å². The minimum Gasteiger partial charge on any atom is -0.383 e. The van der Waals surface area contributed by atoms with Crippen LogP contribution in [-0.2, 0) is 6.18 Å². The van der Waals surface area contributed by atoms with Crippen molar-refractivity contribution in [1.82, 2.24) is 39.5 Å². The molecule has 2 N–H and O–H groups in total. The molecule has 1 unspecified atom stereocenters. The van der Waals surface area contributed by atoms with Gasteiger partial charge in [0.1, 0.15) is 35.0 Å². The van der Waals surface area contributed by atoms with Crippen LogP contribution in [0, 0.1) is 5.82 Å². The number of nitrogens with two attached hydrogens (primary N) is 1. The average molecular weight is 469 g/mol. The summed E-state index contributed by atoms with van der Waals surface area (Å²) in [5, 5.41) is 8.61. The van der Waals surface area contributed by atoms with Crippen LogP contribution in [0.1, 0.15) is 24.5 Å². The standard InChI is InChI=1S/C21H15F4N9/c1-11(15-9-34(32-31-15)16-5-3-2-4-14(16)22)33-8-13(17-18(26)29-10-30-19(17)33)12-6-27-20(28-7-12)21(23,24)25/h2-11H,1H3,(H2,26,29,30). The summed E-state index contributed by atoms with van der Waals surface area (Å²) in [4.78, 5) is 15.2. The van der Waals surface area contributed by atoms with Gasteiger partial charge in [-0.15, -0.1) is 5.10 Å². The lowest BCUT2D eigenvalue weighted by atomic mass is 10.1. The lowest BCUT2D eigenvalue weighted by molar-refractivity contribution is -0.144. The number of rotatable bonds is 4. The number of benzene rings is 1. The molecule has 4 heterocycles. The summed E-state index contributed by atoms with van der Waals surface area (Å²) >= 11 is 0. The zero-order valence-corrected chi connectivity index (χ0v) is 17.4. The van der Waals surface area contributed by atoms with Gasteiger partial charge in [-0.05, 0) is 19.1 Å². The molecule has 172 valence electrons. The highest BCUT2D eigenvalue weighted by molar-refractivity contribution is 6.00. The van der Waals surface area contributed by atoms with Crippen molar-refractivity contribution >= 4 is 16.9 Å². The van der Waals surface area contributed by atoms with E-state index in [1.165, 1.54) is 17.1 Å². The first-order chi connectivity index (χ1) is 16.2. The number of alkyl halides is 3. The van der Waals surface area contributed by atoms with Crippen LogP contribution in [0.15, 0.2) is 55.4 Å². The van der Waals surface area contributed by atoms with Crippen molar-refractivity contribution < 1.29 is 17.6 Å². The number of para-hydroxylation sites is 1. The van der Waals surface area contributed by atoms with E-state index in [0.717, 1.165) is 12.4 Å². The molecule has 1 aromatic carbocycles. The number of hydrogen-bond acceptors (Lipinski definition) is 7. The second-order valence-corrected chi connectivity index (χ2v) is 7.42. The molecule has 0 saturated carbocycles. The molecule has 0 aliphatic carbocycles. The van der Waals surface area contributed by atoms with Gasteiger partial charge in [-0.1, -0.05) is 17.3 Å². The third-order valence-electron chi connectivity index (χ3n) is 5.31. The lowest BCUT2D eigenvalue weighted by Crippen LogP contribution is -2.10. The maximum Gasteiger partial charge on any atom is 0.451 e. The molecule has 9 nitrogen and oxygen atoms in total. The van der Waals surface area contributed by atoms with Crippen molar-refractivity contribution in [2.45, 2.75) is 19.1 Å². The highest BCUT2D eigenvalue weighted by Gasteiger charge is 2.34. The zero-order valence-electron chi connectivity index (χ0n) is 17.4. The smallest absolute Gasteiger partial charge is 0.383 e. The van der Waals surface area contributed by atoms with E-state index in [4.69, 9.17) is 5.73 Å². The molecule has 0 fully saturated rings. The Balaban J connectivity index is 1.59. The molecule has 34 heavy (non-hydrogen) atoms. The first-order valence-electron chi connectivity index (χ1n) is 9.92. The van der Waals surface area contributed by atoms with Gasteiger partial charge in [0.25, 0.3) is 0 Å². The van der Waals surface area contributed by atoms with Crippen LogP contribution in [0.3, 0.4) is 0 Å². The van der Waals surface area contributed by atoms with Crippen LogP contribution in [-0.4, -0.2) is 39.5 Å². The fourth-order valence-corrected chi connectivity index (χ4v) is 3.60. The molecule has 0 aliphatic rings. The number of halogens is 4. The molecule has 1 atom stereocenters. The normalized spacial score (nSPS) is 12.9. The van der Waals surface area contributed by atoms with Gasteiger partial charge in [-0.2, -0.15) is 13.2 Å². The molecule has 0 radical (unpaired) electrons. The summed E-state index contributed by atoms with van der Waals surface area (Å²) in [5.74, 6) is -1.56. The number of nitrogens with zero attached hydrogens (tertiary/aromatic N) is 8. The predicted molar refractivity (Wildman–Crippen MR) is 113 cm³/mol. The van der Waals surface area contributed by atoms with E-state index in [-0.39, 0.29) is 11.5 Å². The lowest BCUT2D eigenvalue weighted by Gasteiger charge is -2.11. The van der Waals surface area contributed by atoms with Crippen LogP contribution in [0.2, 0.25) is 0 Å². The van der Waals surface area contributed by atoms with Crippen LogP contribution in [0.5, 0.6) is 0 Å². The van der Waals surface area contributed by atoms with E-state index in [1.54, 1.807) is 35.2 Å². The maximum atomic E-state index is 14.1. The van der Waals surface area contributed by atoms with E-state index in [1.807, 2.05) is 6.92 Å². The Morgan fingerprint density at radius 3 is 2.44 bits per heavy atom. The molecular weight excluding hydrogens is 454 g/mol. The van der Waals surface area contributed by atoms with Crippen LogP contribution in [0.25, 0.3) is 27.8 Å². The van der Waals surface area contributed by atoms with Crippen LogP contribution < -0.4 is 5.73 Å². The van der Waals surface area contributed by atoms with Crippen LogP contribution >= 0.6 is 0 Å². The van der Waals surface area contributed by atoms with Gasteiger partial charge < -0.3 is 10.3 Å². The van der Waals surface area contributed by atoms with Crippen molar-refractivity contribution in [2.24, 2.45) is 0 Å². The SMILES string of the molecule is CC(c1cn(-c2ccccc2F)nn1)n1cc(-c2cnc(C(F)(F)F)nc2)c2c(N)ncnc21. The minimum atomic E-state index is -4.66. The van der Waals surface area contributed by atoms with E-state index < -0.39 is 23.9 Å². The van der Waals surface area contributed by atoms with Crippen molar-refractivity contribution in [3.05, 3.63) is 72.7 Å². The summed E-state index contributed by atoms with van der Waals surface area (Å²) in [7, 11) is 0. The molecule has 0 amide bonds. The van der Waals surface area contributed by atoms with Gasteiger partial charge >= 0.3 is 6.18 Å². The first kappa shape index (κ1) is 21.4. The van der Waals surface area contributed by atoms with E-state index in [0.29, 0.717) is 27.9 Å². The molecular formula is C21H15F4N9. The average Bonchev–Trinajstić information content (AvgIpc) is 3.45. The van der Waals surface area contributed by atoms with Gasteiger partial charge in [0.05, 0.1) is 17.6 Å². The van der Waals surface area contributed by atoms with Gasteiger partial charge in [0.2, 0.25) is 5.82 Å². The molecule has 0 saturated heterocycles. The number of fused-ring (bicyclic) bond motifs is 1. The molecule has 0 aliphatic heterocycles. The fraction of sp³-hybridized carbons (Fsp3) is 0.143. The topological polar surface area (TPSA) is 113 Å². The Hall–Kier alpha value is -4.42. The van der Waals surface area contributed by atoms with E-state index in [9.17, 15) is 17.6 Å². The maximum absolute atomic E-state index is 14.1. The highest BCUT2D eigenvalue weighted by Crippen LogP contribution is 2.35. The van der Waals surface area contributed by atoms with E-state index >= 15 is 0 Å². The quantitative estimate of drug-likeness (QED) is 0.398.